The van der Waals surface area contributed by atoms with Gasteiger partial charge in [0.05, 0.1) is 45.4 Å². The molecule has 2 fully saturated rings. The summed E-state index contributed by atoms with van der Waals surface area (Å²) in [6.07, 6.45) is 7.78. The van der Waals surface area contributed by atoms with Crippen LogP contribution < -0.4 is 10.5 Å². The van der Waals surface area contributed by atoms with Crippen LogP contribution in [0.15, 0.2) is 71.2 Å². The minimum Gasteiger partial charge on any atom is -0.463 e. The number of aliphatic hydroxyl groups excluding tert-OH is 1. The molecule has 2 aliphatic carbocycles. The number of carbonyl (C=O) groups is 3. The number of ketones is 2. The molecule has 0 spiro atoms. The van der Waals surface area contributed by atoms with Crippen molar-refractivity contribution in [2.75, 3.05) is 26.6 Å². The van der Waals surface area contributed by atoms with Crippen LogP contribution in [-0.4, -0.2) is 108 Å². The number of carbonyl (C=O) groups excluding carboxylic acids is 3. The third-order valence-corrected chi connectivity index (χ3v) is 18.7. The summed E-state index contributed by atoms with van der Waals surface area (Å²) in [5.74, 6) is 7.57. The van der Waals surface area contributed by atoms with Crippen molar-refractivity contribution >= 4 is 95.0 Å². The first kappa shape index (κ1) is 64.8. The van der Waals surface area contributed by atoms with Crippen LogP contribution >= 0.6 is 35.1 Å². The summed E-state index contributed by atoms with van der Waals surface area (Å²) in [4.78, 5) is 65.5. The van der Waals surface area contributed by atoms with E-state index in [0.29, 0.717) is 30.6 Å². The standard InChI is InChI=1S/C31H39ClF2N4O4SSi.C24H22F2N4O2S.C4H6O/c1-19(39)31-15-25(31)30(5,21-13-20(9-10-22(21)33)14-23(34)24-16-36-26(32)17-35-24)37-27(43-31)38(28(40)42-29(2,3)4)18-41-11-12-44(6,7)8;1-4-5-8-32-21-13-28-19(12-29-21)18(26)10-15-6-7-17(25)16(9-15)23(3)20-11-24(20,14(2)31)33-22(27)30-23;1-2-3-4-5/h9-10,13-14,16-17,25H,11-12,15,18H2,1-8H3;6-7,9-10,12-13,20H,8,11H2,1-3H3,(H2,27,30);5H,4H2,1H3/b23-14-;18-10-;/t25-,30+,31+;20-,23+,24+;/m00./s1. The molecule has 0 saturated heterocycles. The van der Waals surface area contributed by atoms with Crippen molar-refractivity contribution in [3.05, 3.63) is 112 Å². The van der Waals surface area contributed by atoms with Gasteiger partial charge < -0.3 is 25.1 Å². The molecule has 6 atom stereocenters. The molecule has 23 heteroatoms. The van der Waals surface area contributed by atoms with Gasteiger partial charge in [0.15, 0.2) is 28.6 Å². The molecule has 2 aliphatic heterocycles. The third-order valence-electron chi connectivity index (χ3n) is 13.8. The van der Waals surface area contributed by atoms with Crippen LogP contribution in [0, 0.1) is 47.2 Å². The minimum absolute atomic E-state index is 0.00295. The number of aliphatic hydroxyl groups is 1. The van der Waals surface area contributed by atoms with Crippen LogP contribution in [-0.2, 0) is 30.1 Å². The molecule has 0 bridgehead atoms. The number of benzene rings is 2. The lowest BCUT2D eigenvalue weighted by atomic mass is 9.84. The second-order valence-corrected chi connectivity index (χ2v) is 30.9. The summed E-state index contributed by atoms with van der Waals surface area (Å²) in [5.41, 5.74) is 4.15. The molecule has 3 N–H and O–H groups in total. The number of rotatable bonds is 15. The van der Waals surface area contributed by atoms with Crippen LogP contribution in [0.3, 0.4) is 0 Å². The number of nitrogens with zero attached hydrogens (tertiary/aromatic N) is 7. The van der Waals surface area contributed by atoms with Gasteiger partial charge in [-0.2, -0.15) is 0 Å². The van der Waals surface area contributed by atoms with Gasteiger partial charge in [-0.25, -0.2) is 47.2 Å². The van der Waals surface area contributed by atoms with Gasteiger partial charge in [-0.15, -0.1) is 11.8 Å². The Morgan fingerprint density at radius 1 is 0.817 bits per heavy atom. The van der Waals surface area contributed by atoms with Crippen molar-refractivity contribution in [3.8, 4) is 29.6 Å². The summed E-state index contributed by atoms with van der Waals surface area (Å²) in [6, 6.07) is 9.36. The first-order valence-corrected chi connectivity index (χ1v) is 31.8. The molecule has 4 aliphatic rings. The van der Waals surface area contributed by atoms with Crippen molar-refractivity contribution in [1.82, 2.24) is 24.8 Å². The number of aromatic nitrogens is 4. The lowest BCUT2D eigenvalue weighted by molar-refractivity contribution is -0.118. The largest absolute Gasteiger partial charge is 0.463 e. The molecule has 82 heavy (non-hydrogen) atoms. The van der Waals surface area contributed by atoms with Gasteiger partial charge in [-0.3, -0.25) is 19.6 Å². The first-order valence-electron chi connectivity index (χ1n) is 26.1. The predicted octanol–water partition coefficient (Wildman–Crippen LogP) is 12.1. The van der Waals surface area contributed by atoms with Gasteiger partial charge in [-0.1, -0.05) is 78.7 Å². The highest BCUT2D eigenvalue weighted by Gasteiger charge is 2.71. The van der Waals surface area contributed by atoms with Crippen LogP contribution in [0.5, 0.6) is 5.88 Å². The average molecular weight is 1200 g/mol. The molecule has 15 nitrogen and oxygen atoms in total. The van der Waals surface area contributed by atoms with Gasteiger partial charge >= 0.3 is 6.09 Å². The molecule has 0 unspecified atom stereocenters. The second kappa shape index (κ2) is 26.4. The maximum absolute atomic E-state index is 15.7. The van der Waals surface area contributed by atoms with Crippen LogP contribution in [0.4, 0.5) is 22.4 Å². The summed E-state index contributed by atoms with van der Waals surface area (Å²) < 4.78 is 75.8. The predicted molar refractivity (Wildman–Crippen MR) is 318 cm³/mol. The molecule has 2 saturated carbocycles. The number of hydrogen-bond acceptors (Lipinski definition) is 16. The number of ether oxygens (including phenoxy) is 3. The van der Waals surface area contributed by atoms with E-state index in [1.165, 1.54) is 110 Å². The number of amides is 1. The highest BCUT2D eigenvalue weighted by Crippen LogP contribution is 2.68. The minimum atomic E-state index is -1.41. The molecular formula is C59H67ClF4N8O7S2Si. The van der Waals surface area contributed by atoms with E-state index in [9.17, 15) is 23.2 Å². The highest BCUT2D eigenvalue weighted by molar-refractivity contribution is 8.16. The normalized spacial score (nSPS) is 23.3. The number of thioether (sulfide) groups is 2. The Labute approximate surface area is 490 Å². The molecule has 4 aromatic rings. The fraction of sp³-hybridized carbons (Fsp3) is 0.441. The quantitative estimate of drug-likeness (QED) is 0.0374. The number of amidine groups is 2. The molecule has 0 radical (unpaired) electrons. The third kappa shape index (κ3) is 15.6. The van der Waals surface area contributed by atoms with Crippen molar-refractivity contribution in [2.45, 2.75) is 127 Å². The van der Waals surface area contributed by atoms with Crippen molar-refractivity contribution < 1.29 is 51.3 Å². The van der Waals surface area contributed by atoms with E-state index in [1.54, 1.807) is 54.5 Å². The fourth-order valence-corrected chi connectivity index (χ4v) is 13.1. The zero-order chi connectivity index (χ0) is 60.6. The van der Waals surface area contributed by atoms with Gasteiger partial charge in [0.2, 0.25) is 5.88 Å². The maximum Gasteiger partial charge on any atom is 0.418 e. The van der Waals surface area contributed by atoms with E-state index >= 15 is 8.78 Å². The highest BCUT2D eigenvalue weighted by atomic mass is 35.5. The van der Waals surface area contributed by atoms with E-state index in [-0.39, 0.29) is 87.2 Å². The smallest absolute Gasteiger partial charge is 0.418 e. The van der Waals surface area contributed by atoms with Gasteiger partial charge in [0.25, 0.3) is 0 Å². The molecule has 2 aromatic heterocycles. The number of halogens is 5. The molecular weight excluding hydrogens is 1140 g/mol. The summed E-state index contributed by atoms with van der Waals surface area (Å²) in [7, 11) is -1.41. The molecule has 2 aromatic carbocycles. The Morgan fingerprint density at radius 2 is 1.34 bits per heavy atom. The molecule has 436 valence electrons. The molecule has 8 rings (SSSR count). The molecule has 4 heterocycles. The second-order valence-electron chi connectivity index (χ2n) is 22.2. The number of fused-ring (bicyclic) bond motifs is 2. The van der Waals surface area contributed by atoms with E-state index in [1.807, 2.05) is 0 Å². The van der Waals surface area contributed by atoms with Gasteiger partial charge in [0, 0.05) is 37.6 Å². The number of Topliss-reactive ketones (excluding diaryl/α,β-unsaturated/α-hetero) is 2. The van der Waals surface area contributed by atoms with Crippen molar-refractivity contribution in [3.63, 3.8) is 0 Å². The SMILES string of the molecule is CC#CCO.CC#CCOc1cnc(/C(F)=C/c2ccc(F)c([C@@]3(C)N=C(N)S[C@@]4(C(C)=O)C[C@H]43)c2)cn1.CC(=O)[C@]12C[C@H]1[C@@](C)(c1cc(/C=C(\F)c3cnc(Cl)cn3)ccc1F)N=C(N(COCC[Si](C)(C)C)C(=O)OC(C)(C)C)S2. The average Bonchev–Trinajstić information content (AvgIpc) is 2.99. The number of hydrogen-bond donors (Lipinski definition) is 2. The van der Waals surface area contributed by atoms with E-state index < -0.39 is 63.6 Å². The zero-order valence-electron chi connectivity index (χ0n) is 47.8. The van der Waals surface area contributed by atoms with Crippen molar-refractivity contribution in [2.24, 2.45) is 27.6 Å². The fourth-order valence-electron chi connectivity index (χ4n) is 9.26. The Hall–Kier alpha value is -6.40. The lowest BCUT2D eigenvalue weighted by Gasteiger charge is -2.37. The van der Waals surface area contributed by atoms with Gasteiger partial charge in [-0.05, 0) is 129 Å². The van der Waals surface area contributed by atoms with E-state index in [0.717, 1.165) is 6.04 Å². The van der Waals surface area contributed by atoms with Crippen molar-refractivity contribution in [1.29, 1.82) is 0 Å². The van der Waals surface area contributed by atoms with Crippen LogP contribution in [0.2, 0.25) is 30.8 Å². The summed E-state index contributed by atoms with van der Waals surface area (Å²) in [6.45, 7) is 22.3. The topological polar surface area (TPSA) is 205 Å². The number of aliphatic imine (C=N–C) groups is 2. The Balaban J connectivity index is 0.000000251. The first-order chi connectivity index (χ1) is 38.4. The maximum atomic E-state index is 15.7. The molecule has 1 amide bonds. The van der Waals surface area contributed by atoms with Gasteiger partial charge in [0.1, 0.15) is 58.7 Å². The zero-order valence-corrected chi connectivity index (χ0v) is 51.2. The van der Waals surface area contributed by atoms with Crippen LogP contribution in [0.25, 0.3) is 23.8 Å². The lowest BCUT2D eigenvalue weighted by Crippen LogP contribution is -2.46. The Bertz CT molecular complexity index is 3320. The summed E-state index contributed by atoms with van der Waals surface area (Å²) in [5, 5.41) is 8.48. The number of nitrogens with two attached hydrogens (primary N) is 1. The van der Waals surface area contributed by atoms with Crippen LogP contribution in [0.1, 0.15) is 109 Å². The summed E-state index contributed by atoms with van der Waals surface area (Å²) >= 11 is 8.21. The Morgan fingerprint density at radius 3 is 1.79 bits per heavy atom. The van der Waals surface area contributed by atoms with E-state index in [2.05, 4.69) is 68.3 Å². The van der Waals surface area contributed by atoms with E-state index in [4.69, 9.17) is 41.6 Å². The monoisotopic (exact) mass is 1200 g/mol. The Kier molecular flexibility index (Phi) is 20.9.